The van der Waals surface area contributed by atoms with Gasteiger partial charge in [-0.15, -0.1) is 0 Å². The van der Waals surface area contributed by atoms with Crippen LogP contribution in [-0.4, -0.2) is 67.7 Å². The molecule has 2 aliphatic heterocycles. The second-order valence-corrected chi connectivity index (χ2v) is 9.68. The molecule has 3 rings (SSSR count). The zero-order valence-electron chi connectivity index (χ0n) is 17.4. The van der Waals surface area contributed by atoms with Crippen molar-refractivity contribution in [2.45, 2.75) is 44.9 Å². The second-order valence-electron chi connectivity index (χ2n) is 7.46. The van der Waals surface area contributed by atoms with Gasteiger partial charge in [0.1, 0.15) is 11.5 Å². The van der Waals surface area contributed by atoms with Crippen molar-refractivity contribution in [2.75, 3.05) is 18.6 Å². The first-order valence-corrected chi connectivity index (χ1v) is 11.7. The average molecular weight is 452 g/mol. The molecule has 1 fully saturated rings. The van der Waals surface area contributed by atoms with Crippen molar-refractivity contribution in [3.8, 4) is 5.75 Å². The van der Waals surface area contributed by atoms with Crippen molar-refractivity contribution in [2.24, 2.45) is 5.10 Å². The van der Waals surface area contributed by atoms with Crippen LogP contribution in [0.4, 0.5) is 0 Å². The van der Waals surface area contributed by atoms with E-state index in [-0.39, 0.29) is 48.9 Å². The van der Waals surface area contributed by atoms with Crippen LogP contribution in [0.1, 0.15) is 31.7 Å². The number of amides is 2. The van der Waals surface area contributed by atoms with Crippen LogP contribution >= 0.6 is 0 Å². The third kappa shape index (κ3) is 5.81. The highest BCUT2D eigenvalue weighted by atomic mass is 32.2. The molecule has 10 nitrogen and oxygen atoms in total. The molecule has 31 heavy (non-hydrogen) atoms. The summed E-state index contributed by atoms with van der Waals surface area (Å²) in [5.41, 5.74) is 0.851. The Morgan fingerprint density at radius 2 is 1.97 bits per heavy atom. The number of nitrogens with one attached hydrogen (secondary N) is 1. The summed E-state index contributed by atoms with van der Waals surface area (Å²) >= 11 is 0. The Morgan fingerprint density at radius 3 is 2.58 bits per heavy atom. The van der Waals surface area contributed by atoms with Gasteiger partial charge in [0.2, 0.25) is 5.91 Å². The van der Waals surface area contributed by atoms with E-state index in [1.54, 1.807) is 31.4 Å². The molecule has 0 aromatic heterocycles. The molecule has 0 aliphatic carbocycles. The van der Waals surface area contributed by atoms with Gasteiger partial charge in [-0.2, -0.15) is 5.10 Å². The van der Waals surface area contributed by atoms with Gasteiger partial charge >= 0.3 is 5.97 Å². The van der Waals surface area contributed by atoms with Gasteiger partial charge in [-0.1, -0.05) is 12.1 Å². The van der Waals surface area contributed by atoms with Crippen LogP contribution in [0.2, 0.25) is 0 Å². The lowest BCUT2D eigenvalue weighted by Gasteiger charge is -2.27. The fraction of sp³-hybridized carbons (Fsp3) is 0.500. The maximum atomic E-state index is 12.4. The Labute approximate surface area is 180 Å². The molecule has 11 heteroatoms. The number of hydrogen-bond donors (Lipinski definition) is 1. The average Bonchev–Trinajstić information content (AvgIpc) is 3.11. The van der Waals surface area contributed by atoms with Crippen LogP contribution in [0, 0.1) is 0 Å². The van der Waals surface area contributed by atoms with Crippen molar-refractivity contribution in [3.63, 3.8) is 0 Å². The van der Waals surface area contributed by atoms with Gasteiger partial charge in [-0.05, 0) is 31.0 Å². The molecular weight excluding hydrogens is 426 g/mol. The molecule has 1 N–H and O–H groups in total. The fourth-order valence-electron chi connectivity index (χ4n) is 3.33. The summed E-state index contributed by atoms with van der Waals surface area (Å²) in [6, 6.07) is 6.58. The van der Waals surface area contributed by atoms with Crippen LogP contribution in [0.25, 0.3) is 0 Å². The van der Waals surface area contributed by atoms with E-state index in [9.17, 15) is 22.8 Å². The van der Waals surface area contributed by atoms with Crippen molar-refractivity contribution < 1.29 is 32.3 Å². The molecular formula is C20H25N3O7S. The maximum absolute atomic E-state index is 12.4. The van der Waals surface area contributed by atoms with Gasteiger partial charge in [-0.3, -0.25) is 9.59 Å². The predicted molar refractivity (Wildman–Crippen MR) is 111 cm³/mol. The Bertz CT molecular complexity index is 989. The van der Waals surface area contributed by atoms with E-state index >= 15 is 0 Å². The van der Waals surface area contributed by atoms with Crippen LogP contribution in [0.15, 0.2) is 29.4 Å². The normalized spacial score (nSPS) is 21.2. The minimum Gasteiger partial charge on any atom is -0.497 e. The number of carbonyl (C=O) groups excluding carboxylic acids is 3. The third-order valence-corrected chi connectivity index (χ3v) is 6.88. The molecule has 1 aromatic carbocycles. The first-order valence-electron chi connectivity index (χ1n) is 9.90. The standard InChI is InChI=1S/C20H25N3O7S/c1-13(19(25)21-11-14-3-5-16(29-2)6-4-14)30-20(26)17-7-8-18(24)23(22-17)15-9-10-31(27,28)12-15/h3-6,13,15H,7-12H2,1-2H3,(H,21,25)/t13-,15-/m1/s1. The highest BCUT2D eigenvalue weighted by Crippen LogP contribution is 2.22. The predicted octanol–water partition coefficient (Wildman–Crippen LogP) is 0.409. The third-order valence-electron chi connectivity index (χ3n) is 5.13. The Kier molecular flexibility index (Phi) is 6.94. The Hall–Kier alpha value is -2.95. The number of methoxy groups -OCH3 is 1. The molecule has 168 valence electrons. The number of hydrazone groups is 1. The zero-order chi connectivity index (χ0) is 22.6. The van der Waals surface area contributed by atoms with Crippen molar-refractivity contribution in [1.82, 2.24) is 10.3 Å². The minimum atomic E-state index is -3.21. The molecule has 2 aliphatic rings. The highest BCUT2D eigenvalue weighted by molar-refractivity contribution is 7.91. The first kappa shape index (κ1) is 22.7. The largest absolute Gasteiger partial charge is 0.497 e. The topological polar surface area (TPSA) is 131 Å². The fourth-order valence-corrected chi connectivity index (χ4v) is 5.02. The lowest BCUT2D eigenvalue weighted by atomic mass is 10.1. The Balaban J connectivity index is 1.55. The summed E-state index contributed by atoms with van der Waals surface area (Å²) in [7, 11) is -1.64. The number of ether oxygens (including phenoxy) is 2. The van der Waals surface area contributed by atoms with E-state index in [1.807, 2.05) is 0 Å². The number of hydrogen-bond acceptors (Lipinski definition) is 8. The van der Waals surface area contributed by atoms with Crippen molar-refractivity contribution in [3.05, 3.63) is 29.8 Å². The van der Waals surface area contributed by atoms with Gasteiger partial charge < -0.3 is 14.8 Å². The summed E-state index contributed by atoms with van der Waals surface area (Å²) in [5.74, 6) is -1.09. The van der Waals surface area contributed by atoms with E-state index in [2.05, 4.69) is 10.4 Å². The van der Waals surface area contributed by atoms with Crippen LogP contribution < -0.4 is 10.1 Å². The minimum absolute atomic E-state index is 0.00120. The summed E-state index contributed by atoms with van der Waals surface area (Å²) in [5, 5.41) is 7.82. The second kappa shape index (κ2) is 9.46. The van der Waals surface area contributed by atoms with Gasteiger partial charge in [0.15, 0.2) is 15.9 Å². The lowest BCUT2D eigenvalue weighted by molar-refractivity contribution is -0.149. The molecule has 1 aromatic rings. The number of nitrogens with zero attached hydrogens (tertiary/aromatic N) is 2. The molecule has 2 atom stereocenters. The van der Waals surface area contributed by atoms with E-state index in [4.69, 9.17) is 9.47 Å². The van der Waals surface area contributed by atoms with Gasteiger partial charge in [-0.25, -0.2) is 18.2 Å². The van der Waals surface area contributed by atoms with Crippen LogP contribution in [-0.2, 0) is 35.5 Å². The molecule has 0 unspecified atom stereocenters. The van der Waals surface area contributed by atoms with E-state index in [0.717, 1.165) is 10.6 Å². The smallest absolute Gasteiger partial charge is 0.355 e. The quantitative estimate of drug-likeness (QED) is 0.594. The first-order chi connectivity index (χ1) is 14.7. The van der Waals surface area contributed by atoms with E-state index in [0.29, 0.717) is 5.75 Å². The molecule has 1 saturated heterocycles. The van der Waals surface area contributed by atoms with Crippen molar-refractivity contribution in [1.29, 1.82) is 0 Å². The SMILES string of the molecule is COc1ccc(CNC(=O)[C@@H](C)OC(=O)C2=NN([C@@H]3CCS(=O)(=O)C3)C(=O)CC2)cc1. The molecule has 0 spiro atoms. The molecule has 2 heterocycles. The molecule has 0 saturated carbocycles. The van der Waals surface area contributed by atoms with Crippen LogP contribution in [0.5, 0.6) is 5.75 Å². The highest BCUT2D eigenvalue weighted by Gasteiger charge is 2.37. The lowest BCUT2D eigenvalue weighted by Crippen LogP contribution is -2.43. The number of sulfone groups is 1. The molecule has 2 amide bonds. The van der Waals surface area contributed by atoms with Crippen LogP contribution in [0.3, 0.4) is 0 Å². The summed E-state index contributed by atoms with van der Waals surface area (Å²) in [6.07, 6.45) is -0.674. The summed E-state index contributed by atoms with van der Waals surface area (Å²) < 4.78 is 33.7. The maximum Gasteiger partial charge on any atom is 0.355 e. The monoisotopic (exact) mass is 451 g/mol. The Morgan fingerprint density at radius 1 is 1.26 bits per heavy atom. The van der Waals surface area contributed by atoms with Gasteiger partial charge in [0.05, 0.1) is 24.7 Å². The van der Waals surface area contributed by atoms with Crippen molar-refractivity contribution >= 4 is 33.3 Å². The molecule has 0 bridgehead atoms. The van der Waals surface area contributed by atoms with Gasteiger partial charge in [0, 0.05) is 19.4 Å². The number of rotatable bonds is 7. The van der Waals surface area contributed by atoms with E-state index < -0.39 is 33.9 Å². The number of esters is 1. The summed E-state index contributed by atoms with van der Waals surface area (Å²) in [4.78, 5) is 36.9. The summed E-state index contributed by atoms with van der Waals surface area (Å²) in [6.45, 7) is 1.70. The number of benzene rings is 1. The van der Waals surface area contributed by atoms with Gasteiger partial charge in [0.25, 0.3) is 5.91 Å². The zero-order valence-corrected chi connectivity index (χ0v) is 18.2. The molecule has 0 radical (unpaired) electrons. The number of carbonyl (C=O) groups is 3. The van der Waals surface area contributed by atoms with E-state index in [1.165, 1.54) is 6.92 Å².